The number of ketones is 1. The molecule has 1 aliphatic heterocycles. The van der Waals surface area contributed by atoms with Crippen molar-refractivity contribution in [2.75, 3.05) is 14.2 Å². The van der Waals surface area contributed by atoms with Crippen LogP contribution < -0.4 is 9.47 Å². The summed E-state index contributed by atoms with van der Waals surface area (Å²) in [6.45, 7) is 0. The summed E-state index contributed by atoms with van der Waals surface area (Å²) in [6.07, 6.45) is -1.46. The van der Waals surface area contributed by atoms with Crippen molar-refractivity contribution in [3.63, 3.8) is 0 Å². The van der Waals surface area contributed by atoms with E-state index in [0.29, 0.717) is 22.6 Å². The number of benzene rings is 2. The van der Waals surface area contributed by atoms with Gasteiger partial charge in [0.25, 0.3) is 5.79 Å². The zero-order valence-electron chi connectivity index (χ0n) is 12.3. The van der Waals surface area contributed by atoms with E-state index < -0.39 is 17.7 Å². The molecule has 1 aliphatic rings. The minimum atomic E-state index is -1.57. The number of rotatable bonds is 3. The number of Topliss-reactive ketones (excluding diaryl/α,β-unsaturated/α-hetero) is 1. The Balaban J connectivity index is 2.11. The number of methoxy groups -OCH3 is 2. The van der Waals surface area contributed by atoms with E-state index in [1.807, 2.05) is 0 Å². The average molecular weight is 300 g/mol. The Morgan fingerprint density at radius 2 is 1.77 bits per heavy atom. The number of hydrogen-bond donors (Lipinski definition) is 1. The normalized spacial score (nSPS) is 23.6. The summed E-state index contributed by atoms with van der Waals surface area (Å²) in [6, 6.07) is 13.6. The van der Waals surface area contributed by atoms with Gasteiger partial charge in [-0.3, -0.25) is 4.79 Å². The van der Waals surface area contributed by atoms with Crippen LogP contribution in [0.4, 0.5) is 0 Å². The molecule has 0 bridgehead atoms. The van der Waals surface area contributed by atoms with Gasteiger partial charge >= 0.3 is 0 Å². The van der Waals surface area contributed by atoms with Crippen LogP contribution in [0.1, 0.15) is 15.9 Å². The molecule has 5 nitrogen and oxygen atoms in total. The van der Waals surface area contributed by atoms with Crippen LogP contribution in [0.3, 0.4) is 0 Å². The number of carbonyl (C=O) groups excluding carboxylic acids is 1. The zero-order chi connectivity index (χ0) is 15.7. The van der Waals surface area contributed by atoms with Crippen molar-refractivity contribution in [2.24, 2.45) is 0 Å². The van der Waals surface area contributed by atoms with Gasteiger partial charge in [-0.2, -0.15) is 0 Å². The molecule has 0 amide bonds. The first-order valence-corrected chi connectivity index (χ1v) is 6.82. The number of fused-ring (bicyclic) bond motifs is 1. The van der Waals surface area contributed by atoms with Crippen LogP contribution in [0.2, 0.25) is 0 Å². The molecular formula is C17H16O5. The van der Waals surface area contributed by atoms with E-state index in [2.05, 4.69) is 0 Å². The Morgan fingerprint density at radius 3 is 2.41 bits per heavy atom. The average Bonchev–Trinajstić information content (AvgIpc) is 2.58. The molecule has 22 heavy (non-hydrogen) atoms. The summed E-state index contributed by atoms with van der Waals surface area (Å²) in [4.78, 5) is 12.5. The molecule has 0 spiro atoms. The van der Waals surface area contributed by atoms with Crippen LogP contribution in [0.15, 0.2) is 48.5 Å². The maximum Gasteiger partial charge on any atom is 0.270 e. The number of hydrogen-bond acceptors (Lipinski definition) is 5. The summed E-state index contributed by atoms with van der Waals surface area (Å²) >= 11 is 0. The monoisotopic (exact) mass is 300 g/mol. The van der Waals surface area contributed by atoms with Gasteiger partial charge in [0, 0.05) is 12.7 Å². The lowest BCUT2D eigenvalue weighted by atomic mass is 9.90. The SMILES string of the molecule is COc1ccc(C2(OC)Oc3ccccc3C(=O)C2O)cc1. The molecule has 2 atom stereocenters. The Bertz CT molecular complexity index is 694. The second-order valence-corrected chi connectivity index (χ2v) is 4.97. The van der Waals surface area contributed by atoms with Crippen molar-refractivity contribution in [1.29, 1.82) is 0 Å². The van der Waals surface area contributed by atoms with Crippen LogP contribution in [0.25, 0.3) is 0 Å². The van der Waals surface area contributed by atoms with Crippen LogP contribution in [0, 0.1) is 0 Å². The van der Waals surface area contributed by atoms with Crippen molar-refractivity contribution < 1.29 is 24.1 Å². The second-order valence-electron chi connectivity index (χ2n) is 4.97. The molecule has 2 aromatic rings. The molecule has 0 saturated heterocycles. The molecule has 1 N–H and O–H groups in total. The Morgan fingerprint density at radius 1 is 1.09 bits per heavy atom. The number of ether oxygens (including phenoxy) is 3. The molecule has 114 valence electrons. The van der Waals surface area contributed by atoms with Gasteiger partial charge in [0.1, 0.15) is 11.5 Å². The lowest BCUT2D eigenvalue weighted by Crippen LogP contribution is -2.53. The van der Waals surface area contributed by atoms with Crippen molar-refractivity contribution in [1.82, 2.24) is 0 Å². The third-order valence-corrected chi connectivity index (χ3v) is 3.82. The summed E-state index contributed by atoms with van der Waals surface area (Å²) in [5.74, 6) is -0.959. The molecule has 1 heterocycles. The predicted octanol–water partition coefficient (Wildman–Crippen LogP) is 2.13. The molecule has 5 heteroatoms. The number of aliphatic hydroxyl groups excluding tert-OH is 1. The Labute approximate surface area is 128 Å². The molecule has 0 fully saturated rings. The maximum absolute atomic E-state index is 12.5. The predicted molar refractivity (Wildman–Crippen MR) is 79.1 cm³/mol. The van der Waals surface area contributed by atoms with Crippen LogP contribution in [-0.2, 0) is 10.5 Å². The first kappa shape index (κ1) is 14.6. The maximum atomic E-state index is 12.5. The van der Waals surface area contributed by atoms with Crippen LogP contribution in [-0.4, -0.2) is 31.2 Å². The van der Waals surface area contributed by atoms with Gasteiger partial charge in [0.05, 0.1) is 12.7 Å². The van der Waals surface area contributed by atoms with E-state index in [4.69, 9.17) is 14.2 Å². The van der Waals surface area contributed by atoms with E-state index >= 15 is 0 Å². The van der Waals surface area contributed by atoms with Gasteiger partial charge < -0.3 is 19.3 Å². The van der Waals surface area contributed by atoms with Crippen molar-refractivity contribution in [3.05, 3.63) is 59.7 Å². The summed E-state index contributed by atoms with van der Waals surface area (Å²) in [5.41, 5.74) is 0.877. The number of para-hydroxylation sites is 1. The van der Waals surface area contributed by atoms with Crippen molar-refractivity contribution >= 4 is 5.78 Å². The van der Waals surface area contributed by atoms with E-state index in [9.17, 15) is 9.90 Å². The molecule has 2 unspecified atom stereocenters. The van der Waals surface area contributed by atoms with E-state index in [0.717, 1.165) is 0 Å². The molecule has 2 aromatic carbocycles. The number of aliphatic hydroxyl groups is 1. The minimum Gasteiger partial charge on any atom is -0.497 e. The van der Waals surface area contributed by atoms with Crippen LogP contribution in [0.5, 0.6) is 11.5 Å². The van der Waals surface area contributed by atoms with Crippen molar-refractivity contribution in [3.8, 4) is 11.5 Å². The fraction of sp³-hybridized carbons (Fsp3) is 0.235. The molecule has 3 rings (SSSR count). The number of carbonyl (C=O) groups is 1. The third-order valence-electron chi connectivity index (χ3n) is 3.82. The highest BCUT2D eigenvalue weighted by Gasteiger charge is 2.51. The van der Waals surface area contributed by atoms with Gasteiger partial charge in [-0.05, 0) is 36.4 Å². The highest BCUT2D eigenvalue weighted by Crippen LogP contribution is 2.40. The summed E-state index contributed by atoms with van der Waals surface area (Å²) < 4.78 is 16.4. The summed E-state index contributed by atoms with van der Waals surface area (Å²) in [7, 11) is 2.96. The Hall–Kier alpha value is -2.37. The molecule has 0 aromatic heterocycles. The topological polar surface area (TPSA) is 65.0 Å². The third kappa shape index (κ3) is 2.06. The molecular weight excluding hydrogens is 284 g/mol. The van der Waals surface area contributed by atoms with Crippen molar-refractivity contribution in [2.45, 2.75) is 11.9 Å². The quantitative estimate of drug-likeness (QED) is 0.940. The molecule has 0 aliphatic carbocycles. The van der Waals surface area contributed by atoms with Gasteiger partial charge in [0.2, 0.25) is 5.78 Å². The lowest BCUT2D eigenvalue weighted by molar-refractivity contribution is -0.223. The van der Waals surface area contributed by atoms with E-state index in [-0.39, 0.29) is 0 Å². The lowest BCUT2D eigenvalue weighted by Gasteiger charge is -2.40. The summed E-state index contributed by atoms with van der Waals surface area (Å²) in [5, 5.41) is 10.5. The second kappa shape index (κ2) is 5.44. The van der Waals surface area contributed by atoms with Gasteiger partial charge in [-0.25, -0.2) is 0 Å². The molecule has 0 radical (unpaired) electrons. The first-order valence-electron chi connectivity index (χ1n) is 6.82. The standard InChI is InChI=1S/C17H16O5/c1-20-12-9-7-11(8-10-12)17(21-2)16(19)15(18)13-5-3-4-6-14(13)22-17/h3-10,16,19H,1-2H3. The fourth-order valence-electron chi connectivity index (χ4n) is 2.61. The first-order chi connectivity index (χ1) is 10.6. The van der Waals surface area contributed by atoms with Gasteiger partial charge in [0.15, 0.2) is 6.10 Å². The highest BCUT2D eigenvalue weighted by atomic mass is 16.7. The molecule has 0 saturated carbocycles. The van der Waals surface area contributed by atoms with E-state index in [1.165, 1.54) is 7.11 Å². The fourth-order valence-corrected chi connectivity index (χ4v) is 2.61. The minimum absolute atomic E-state index is 0.344. The van der Waals surface area contributed by atoms with Gasteiger partial charge in [-0.1, -0.05) is 12.1 Å². The Kier molecular flexibility index (Phi) is 3.60. The van der Waals surface area contributed by atoms with E-state index in [1.54, 1.807) is 55.6 Å². The highest BCUT2D eigenvalue weighted by molar-refractivity contribution is 6.03. The van der Waals surface area contributed by atoms with Gasteiger partial charge in [-0.15, -0.1) is 0 Å². The smallest absolute Gasteiger partial charge is 0.270 e. The zero-order valence-corrected chi connectivity index (χ0v) is 12.3. The largest absolute Gasteiger partial charge is 0.497 e. The van der Waals surface area contributed by atoms with Crippen LogP contribution >= 0.6 is 0 Å².